The van der Waals surface area contributed by atoms with Crippen molar-refractivity contribution in [2.75, 3.05) is 13.2 Å². The Bertz CT molecular complexity index is 942. The van der Waals surface area contributed by atoms with E-state index in [9.17, 15) is 19.8 Å². The molecule has 0 heterocycles. The van der Waals surface area contributed by atoms with Crippen LogP contribution >= 0.6 is 0 Å². The number of unbranched alkanes of at least 4 members (excludes halogenated alkanes) is 26. The highest BCUT2D eigenvalue weighted by Gasteiger charge is 2.18. The molecule has 3 N–H and O–H groups in total. The first-order valence-corrected chi connectivity index (χ1v) is 23.4. The smallest absolute Gasteiger partial charge is 0.305 e. The minimum atomic E-state index is -0.858. The highest BCUT2D eigenvalue weighted by molar-refractivity contribution is 5.76. The van der Waals surface area contributed by atoms with Crippen LogP contribution in [0.25, 0.3) is 0 Å². The molecule has 0 bridgehead atoms. The molecule has 320 valence electrons. The van der Waals surface area contributed by atoms with Gasteiger partial charge in [-0.25, -0.2) is 0 Å². The number of carbonyl (C=O) groups is 2. The first kappa shape index (κ1) is 52.8. The standard InChI is InChI=1S/C49H89NO5/c1-3-5-7-9-11-13-15-23-27-31-35-39-43-49(54)55-44-40-36-32-28-24-20-18-16-17-19-22-26-30-34-38-42-48(53)50-46(45-51)47(52)41-37-33-29-25-21-14-12-10-8-6-4-2/h11,13,16,18,20,24,37,41,46-47,51-52H,3-10,12,14-15,17,19,21-23,25-36,38-40,42-45H2,1-2H3,(H,50,53)/b13-11-,18-16-,24-20-,41-37+. The van der Waals surface area contributed by atoms with Gasteiger partial charge in [-0.3, -0.25) is 9.59 Å². The van der Waals surface area contributed by atoms with Crippen molar-refractivity contribution in [3.8, 4) is 0 Å². The Morgan fingerprint density at radius 3 is 1.44 bits per heavy atom. The molecule has 0 aliphatic carbocycles. The molecule has 0 saturated carbocycles. The zero-order valence-electron chi connectivity index (χ0n) is 36.1. The summed E-state index contributed by atoms with van der Waals surface area (Å²) in [6.45, 7) is 4.78. The summed E-state index contributed by atoms with van der Waals surface area (Å²) in [5.74, 6) is -0.129. The van der Waals surface area contributed by atoms with Gasteiger partial charge >= 0.3 is 5.97 Å². The van der Waals surface area contributed by atoms with Crippen molar-refractivity contribution in [3.05, 3.63) is 48.6 Å². The fraction of sp³-hybridized carbons (Fsp3) is 0.796. The van der Waals surface area contributed by atoms with Crippen LogP contribution in [-0.4, -0.2) is 47.4 Å². The maximum Gasteiger partial charge on any atom is 0.305 e. The summed E-state index contributed by atoms with van der Waals surface area (Å²) in [5.41, 5.74) is 0. The molecule has 0 radical (unpaired) electrons. The predicted octanol–water partition coefficient (Wildman–Crippen LogP) is 13.5. The molecule has 0 aromatic rings. The second-order valence-corrected chi connectivity index (χ2v) is 15.8. The van der Waals surface area contributed by atoms with Gasteiger partial charge in [-0.2, -0.15) is 0 Å². The van der Waals surface area contributed by atoms with Crippen molar-refractivity contribution < 1.29 is 24.5 Å². The van der Waals surface area contributed by atoms with Gasteiger partial charge in [0.2, 0.25) is 5.91 Å². The van der Waals surface area contributed by atoms with Crippen molar-refractivity contribution in [3.63, 3.8) is 0 Å². The lowest BCUT2D eigenvalue weighted by Gasteiger charge is -2.20. The summed E-state index contributed by atoms with van der Waals surface area (Å²) in [5, 5.41) is 22.9. The van der Waals surface area contributed by atoms with Crippen molar-refractivity contribution in [2.24, 2.45) is 0 Å². The van der Waals surface area contributed by atoms with Crippen molar-refractivity contribution >= 4 is 11.9 Å². The average Bonchev–Trinajstić information content (AvgIpc) is 3.18. The van der Waals surface area contributed by atoms with Crippen molar-refractivity contribution in [1.82, 2.24) is 5.32 Å². The highest BCUT2D eigenvalue weighted by atomic mass is 16.5. The number of ether oxygens (including phenoxy) is 1. The molecule has 0 aromatic carbocycles. The topological polar surface area (TPSA) is 95.9 Å². The number of aliphatic hydroxyl groups excluding tert-OH is 2. The number of hydrogen-bond donors (Lipinski definition) is 3. The molecule has 2 atom stereocenters. The van der Waals surface area contributed by atoms with Gasteiger partial charge in [-0.1, -0.05) is 172 Å². The molecule has 0 rings (SSSR count). The quantitative estimate of drug-likeness (QED) is 0.0249. The molecule has 55 heavy (non-hydrogen) atoms. The molecule has 0 aliphatic rings. The van der Waals surface area contributed by atoms with Gasteiger partial charge in [0.1, 0.15) is 0 Å². The number of allylic oxidation sites excluding steroid dienone is 7. The molecule has 0 fully saturated rings. The number of esters is 1. The molecule has 0 aromatic heterocycles. The van der Waals surface area contributed by atoms with Crippen LogP contribution < -0.4 is 5.32 Å². The van der Waals surface area contributed by atoms with Crippen LogP contribution in [0.15, 0.2) is 48.6 Å². The second-order valence-electron chi connectivity index (χ2n) is 15.8. The van der Waals surface area contributed by atoms with Gasteiger partial charge in [0.05, 0.1) is 25.4 Å². The summed E-state index contributed by atoms with van der Waals surface area (Å²) in [6.07, 6.45) is 53.9. The second kappa shape index (κ2) is 44.5. The fourth-order valence-electron chi connectivity index (χ4n) is 6.67. The fourth-order valence-corrected chi connectivity index (χ4v) is 6.67. The maximum absolute atomic E-state index is 12.4. The highest BCUT2D eigenvalue weighted by Crippen LogP contribution is 2.13. The zero-order chi connectivity index (χ0) is 40.1. The van der Waals surface area contributed by atoms with E-state index in [0.29, 0.717) is 19.4 Å². The van der Waals surface area contributed by atoms with Gasteiger partial charge in [-0.05, 0) is 89.9 Å². The Kier molecular flexibility index (Phi) is 42.8. The predicted molar refractivity (Wildman–Crippen MR) is 236 cm³/mol. The molecule has 0 saturated heterocycles. The van der Waals surface area contributed by atoms with Crippen LogP contribution in [0.1, 0.15) is 226 Å². The molecule has 2 unspecified atom stereocenters. The number of amides is 1. The number of carbonyl (C=O) groups excluding carboxylic acids is 2. The first-order chi connectivity index (χ1) is 27.0. The van der Waals surface area contributed by atoms with E-state index in [1.54, 1.807) is 6.08 Å². The Morgan fingerprint density at radius 2 is 0.909 bits per heavy atom. The van der Waals surface area contributed by atoms with E-state index in [4.69, 9.17) is 4.74 Å². The molecule has 0 aliphatic heterocycles. The Hall–Kier alpha value is -2.18. The SMILES string of the molecule is CCCCC/C=C\CCCCCCCC(=O)OCCCCC/C=C\C=C/CCCCCCCCC(=O)NC(CO)C(O)/C=C/CCCCCCCCCCC. The lowest BCUT2D eigenvalue weighted by Crippen LogP contribution is -2.45. The third-order valence-corrected chi connectivity index (χ3v) is 10.3. The third kappa shape index (κ3) is 41.3. The summed E-state index contributed by atoms with van der Waals surface area (Å²) < 4.78 is 5.41. The van der Waals surface area contributed by atoms with Crippen LogP contribution in [0.5, 0.6) is 0 Å². The van der Waals surface area contributed by atoms with E-state index in [-0.39, 0.29) is 18.5 Å². The van der Waals surface area contributed by atoms with Gasteiger partial charge in [0, 0.05) is 12.8 Å². The number of aliphatic hydroxyl groups is 2. The van der Waals surface area contributed by atoms with Crippen molar-refractivity contribution in [2.45, 2.75) is 238 Å². The van der Waals surface area contributed by atoms with E-state index in [0.717, 1.165) is 77.0 Å². The summed E-state index contributed by atoms with van der Waals surface area (Å²) >= 11 is 0. The number of hydrogen-bond acceptors (Lipinski definition) is 5. The van der Waals surface area contributed by atoms with Gasteiger partial charge in [0.25, 0.3) is 0 Å². The lowest BCUT2D eigenvalue weighted by molar-refractivity contribution is -0.143. The third-order valence-electron chi connectivity index (χ3n) is 10.3. The lowest BCUT2D eigenvalue weighted by atomic mass is 10.1. The maximum atomic E-state index is 12.4. The van der Waals surface area contributed by atoms with E-state index in [2.05, 4.69) is 55.6 Å². The molecule has 6 heteroatoms. The van der Waals surface area contributed by atoms with E-state index in [1.165, 1.54) is 122 Å². The van der Waals surface area contributed by atoms with Crippen LogP contribution in [0.3, 0.4) is 0 Å². The largest absolute Gasteiger partial charge is 0.466 e. The van der Waals surface area contributed by atoms with Crippen LogP contribution in [0.4, 0.5) is 0 Å². The Balaban J connectivity index is 3.58. The average molecular weight is 772 g/mol. The van der Waals surface area contributed by atoms with Gasteiger partial charge in [0.15, 0.2) is 0 Å². The van der Waals surface area contributed by atoms with Gasteiger partial charge in [-0.15, -0.1) is 0 Å². The minimum Gasteiger partial charge on any atom is -0.466 e. The molecule has 1 amide bonds. The van der Waals surface area contributed by atoms with Crippen molar-refractivity contribution in [1.29, 1.82) is 0 Å². The van der Waals surface area contributed by atoms with Crippen LogP contribution in [0, 0.1) is 0 Å². The monoisotopic (exact) mass is 772 g/mol. The van der Waals surface area contributed by atoms with E-state index in [1.807, 2.05) is 6.08 Å². The normalized spacial score (nSPS) is 13.2. The molecule has 6 nitrogen and oxygen atoms in total. The summed E-state index contributed by atoms with van der Waals surface area (Å²) in [4.78, 5) is 24.3. The van der Waals surface area contributed by atoms with Gasteiger partial charge < -0.3 is 20.3 Å². The molecular weight excluding hydrogens is 683 g/mol. The Labute approximate surface area is 340 Å². The minimum absolute atomic E-state index is 0.0344. The number of rotatable bonds is 42. The van der Waals surface area contributed by atoms with Crippen LogP contribution in [0.2, 0.25) is 0 Å². The Morgan fingerprint density at radius 1 is 0.509 bits per heavy atom. The summed E-state index contributed by atoms with van der Waals surface area (Å²) in [6, 6.07) is -0.643. The van der Waals surface area contributed by atoms with E-state index < -0.39 is 12.1 Å². The molecular formula is C49H89NO5. The van der Waals surface area contributed by atoms with E-state index >= 15 is 0 Å². The summed E-state index contributed by atoms with van der Waals surface area (Å²) in [7, 11) is 0. The zero-order valence-corrected chi connectivity index (χ0v) is 36.1. The first-order valence-electron chi connectivity index (χ1n) is 23.4. The van der Waals surface area contributed by atoms with Crippen LogP contribution in [-0.2, 0) is 14.3 Å². The molecule has 0 spiro atoms. The number of nitrogens with one attached hydrogen (secondary N) is 1.